The highest BCUT2D eigenvalue weighted by atomic mass is 35.5. The van der Waals surface area contributed by atoms with Crippen molar-refractivity contribution in [2.45, 2.75) is 13.3 Å². The Labute approximate surface area is 164 Å². The van der Waals surface area contributed by atoms with Crippen molar-refractivity contribution in [1.82, 2.24) is 9.97 Å². The minimum Gasteiger partial charge on any atom is -0.406 e. The Morgan fingerprint density at radius 3 is 2.54 bits per heavy atom. The van der Waals surface area contributed by atoms with Gasteiger partial charge in [0.1, 0.15) is 11.6 Å². The van der Waals surface area contributed by atoms with Gasteiger partial charge in [0, 0.05) is 29.4 Å². The first kappa shape index (κ1) is 19.8. The fourth-order valence-electron chi connectivity index (χ4n) is 2.49. The highest BCUT2D eigenvalue weighted by Crippen LogP contribution is 2.30. The lowest BCUT2D eigenvalue weighted by molar-refractivity contribution is -0.274. The van der Waals surface area contributed by atoms with E-state index in [4.69, 9.17) is 11.6 Å². The van der Waals surface area contributed by atoms with Crippen LogP contribution in [0.4, 0.5) is 30.6 Å². The number of rotatable bonds is 5. The van der Waals surface area contributed by atoms with E-state index in [0.717, 1.165) is 11.3 Å². The van der Waals surface area contributed by atoms with Crippen molar-refractivity contribution in [2.24, 2.45) is 0 Å². The van der Waals surface area contributed by atoms with E-state index in [1.165, 1.54) is 18.2 Å². The van der Waals surface area contributed by atoms with Crippen LogP contribution in [-0.4, -0.2) is 23.4 Å². The summed E-state index contributed by atoms with van der Waals surface area (Å²) in [6.45, 7) is 1.91. The predicted molar refractivity (Wildman–Crippen MR) is 103 cm³/mol. The number of alkyl halides is 3. The van der Waals surface area contributed by atoms with Gasteiger partial charge in [-0.1, -0.05) is 29.8 Å². The zero-order valence-corrected chi connectivity index (χ0v) is 15.7. The quantitative estimate of drug-likeness (QED) is 0.559. The predicted octanol–water partition coefficient (Wildman–Crippen LogP) is 5.79. The number of hydrogen-bond acceptors (Lipinski definition) is 5. The summed E-state index contributed by atoms with van der Waals surface area (Å²) < 4.78 is 41.5. The molecular formula is C19H16ClF3N4O. The van der Waals surface area contributed by atoms with Crippen molar-refractivity contribution in [3.8, 4) is 17.0 Å². The Morgan fingerprint density at radius 1 is 1.04 bits per heavy atom. The van der Waals surface area contributed by atoms with Crippen LogP contribution in [0, 0.1) is 6.92 Å². The van der Waals surface area contributed by atoms with E-state index < -0.39 is 6.36 Å². The van der Waals surface area contributed by atoms with E-state index in [0.29, 0.717) is 28.0 Å². The minimum absolute atomic E-state index is 0.307. The summed E-state index contributed by atoms with van der Waals surface area (Å²) in [5.74, 6) is 0.443. The maximum absolute atomic E-state index is 12.5. The topological polar surface area (TPSA) is 59.1 Å². The third-order valence-corrected chi connectivity index (χ3v) is 4.01. The highest BCUT2D eigenvalue weighted by molar-refractivity contribution is 6.30. The summed E-state index contributed by atoms with van der Waals surface area (Å²) in [7, 11) is 1.65. The third-order valence-electron chi connectivity index (χ3n) is 3.78. The molecule has 28 heavy (non-hydrogen) atoms. The van der Waals surface area contributed by atoms with Gasteiger partial charge >= 0.3 is 6.36 Å². The third kappa shape index (κ3) is 5.04. The summed E-state index contributed by atoms with van der Waals surface area (Å²) in [5.41, 5.74) is 2.59. The number of benzene rings is 2. The zero-order chi connectivity index (χ0) is 20.3. The first-order valence-electron chi connectivity index (χ1n) is 8.20. The molecule has 2 aromatic carbocycles. The molecular weight excluding hydrogens is 393 g/mol. The molecule has 0 atom stereocenters. The van der Waals surface area contributed by atoms with E-state index in [9.17, 15) is 13.2 Å². The molecule has 1 aromatic heterocycles. The van der Waals surface area contributed by atoms with Gasteiger partial charge in [-0.2, -0.15) is 4.98 Å². The van der Waals surface area contributed by atoms with Gasteiger partial charge in [0.05, 0.1) is 5.69 Å². The van der Waals surface area contributed by atoms with Crippen molar-refractivity contribution < 1.29 is 17.9 Å². The van der Waals surface area contributed by atoms with Gasteiger partial charge in [-0.25, -0.2) is 4.98 Å². The number of ether oxygens (including phenoxy) is 1. The Bertz CT molecular complexity index is 995. The summed E-state index contributed by atoms with van der Waals surface area (Å²) >= 11 is 6.05. The SMILES string of the molecule is CNc1nc(Nc2cc(Cl)ccc2C)cc(-c2cccc(OC(F)(F)F)c2)n1. The van der Waals surface area contributed by atoms with Crippen molar-refractivity contribution in [3.63, 3.8) is 0 Å². The van der Waals surface area contributed by atoms with Gasteiger partial charge in [0.25, 0.3) is 0 Å². The lowest BCUT2D eigenvalue weighted by atomic mass is 10.1. The molecule has 0 radical (unpaired) electrons. The average Bonchev–Trinajstić information content (AvgIpc) is 2.63. The highest BCUT2D eigenvalue weighted by Gasteiger charge is 2.31. The minimum atomic E-state index is -4.77. The van der Waals surface area contributed by atoms with Gasteiger partial charge in [-0.05, 0) is 36.8 Å². The molecule has 0 saturated carbocycles. The first-order valence-corrected chi connectivity index (χ1v) is 8.57. The average molecular weight is 409 g/mol. The number of aryl methyl sites for hydroxylation is 1. The summed E-state index contributed by atoms with van der Waals surface area (Å²) in [6, 6.07) is 12.6. The second kappa shape index (κ2) is 7.93. The van der Waals surface area contributed by atoms with Crippen LogP contribution < -0.4 is 15.4 Å². The van der Waals surface area contributed by atoms with Crippen LogP contribution >= 0.6 is 11.6 Å². The normalized spacial score (nSPS) is 11.2. The van der Waals surface area contributed by atoms with Gasteiger partial charge in [0.2, 0.25) is 5.95 Å². The second-order valence-electron chi connectivity index (χ2n) is 5.87. The second-order valence-corrected chi connectivity index (χ2v) is 6.31. The van der Waals surface area contributed by atoms with E-state index in [1.807, 2.05) is 13.0 Å². The Hall–Kier alpha value is -3.00. The molecule has 0 spiro atoms. The molecule has 3 rings (SSSR count). The molecule has 0 amide bonds. The molecule has 0 bridgehead atoms. The molecule has 0 fully saturated rings. The fourth-order valence-corrected chi connectivity index (χ4v) is 2.66. The fraction of sp³-hybridized carbons (Fsp3) is 0.158. The molecule has 9 heteroatoms. The zero-order valence-electron chi connectivity index (χ0n) is 14.9. The number of hydrogen-bond donors (Lipinski definition) is 2. The summed E-state index contributed by atoms with van der Waals surface area (Å²) in [4.78, 5) is 8.65. The van der Waals surface area contributed by atoms with Crippen LogP contribution in [0.15, 0.2) is 48.5 Å². The van der Waals surface area contributed by atoms with Gasteiger partial charge < -0.3 is 15.4 Å². The molecule has 0 aliphatic rings. The Kier molecular flexibility index (Phi) is 5.60. The summed E-state index contributed by atoms with van der Waals surface area (Å²) in [5, 5.41) is 6.57. The van der Waals surface area contributed by atoms with E-state index in [-0.39, 0.29) is 5.75 Å². The number of nitrogens with one attached hydrogen (secondary N) is 2. The largest absolute Gasteiger partial charge is 0.573 e. The van der Waals surface area contributed by atoms with Crippen molar-refractivity contribution in [1.29, 1.82) is 0 Å². The van der Waals surface area contributed by atoms with E-state index in [1.54, 1.807) is 31.3 Å². The van der Waals surface area contributed by atoms with Crippen molar-refractivity contribution >= 4 is 29.1 Å². The van der Waals surface area contributed by atoms with Crippen LogP contribution in [0.5, 0.6) is 5.75 Å². The van der Waals surface area contributed by atoms with Crippen LogP contribution in [0.25, 0.3) is 11.3 Å². The smallest absolute Gasteiger partial charge is 0.406 e. The Balaban J connectivity index is 1.97. The number of halogens is 4. The number of aromatic nitrogens is 2. The standard InChI is InChI=1S/C19H16ClF3N4O/c1-11-6-7-13(20)9-15(11)25-17-10-16(26-18(24-2)27-17)12-4-3-5-14(8-12)28-19(21,22)23/h3-10H,1-2H3,(H2,24,25,26,27). The van der Waals surface area contributed by atoms with Crippen LogP contribution in [0.2, 0.25) is 5.02 Å². The molecule has 0 unspecified atom stereocenters. The molecule has 146 valence electrons. The molecule has 3 aromatic rings. The van der Waals surface area contributed by atoms with E-state index >= 15 is 0 Å². The van der Waals surface area contributed by atoms with Crippen LogP contribution in [-0.2, 0) is 0 Å². The van der Waals surface area contributed by atoms with E-state index in [2.05, 4.69) is 25.3 Å². The maximum Gasteiger partial charge on any atom is 0.573 e. The van der Waals surface area contributed by atoms with Gasteiger partial charge in [-0.15, -0.1) is 13.2 Å². The summed E-state index contributed by atoms with van der Waals surface area (Å²) in [6.07, 6.45) is -4.77. The van der Waals surface area contributed by atoms with Crippen molar-refractivity contribution in [2.75, 3.05) is 17.7 Å². The Morgan fingerprint density at radius 2 is 1.82 bits per heavy atom. The number of anilines is 3. The lowest BCUT2D eigenvalue weighted by Gasteiger charge is -2.13. The molecule has 0 saturated heterocycles. The monoisotopic (exact) mass is 408 g/mol. The molecule has 5 nitrogen and oxygen atoms in total. The number of nitrogens with zero attached hydrogens (tertiary/aromatic N) is 2. The van der Waals surface area contributed by atoms with Crippen LogP contribution in [0.3, 0.4) is 0 Å². The molecule has 0 aliphatic carbocycles. The molecule has 0 aliphatic heterocycles. The van der Waals surface area contributed by atoms with Gasteiger partial charge in [0.15, 0.2) is 0 Å². The molecule has 2 N–H and O–H groups in total. The lowest BCUT2D eigenvalue weighted by Crippen LogP contribution is -2.17. The van der Waals surface area contributed by atoms with Crippen LogP contribution in [0.1, 0.15) is 5.56 Å². The molecule has 1 heterocycles. The first-order chi connectivity index (χ1) is 13.2. The maximum atomic E-state index is 12.5. The van der Waals surface area contributed by atoms with Gasteiger partial charge in [-0.3, -0.25) is 0 Å². The van der Waals surface area contributed by atoms with Crippen molar-refractivity contribution in [3.05, 3.63) is 59.1 Å².